The van der Waals surface area contributed by atoms with Gasteiger partial charge in [0.05, 0.1) is 24.4 Å². The number of hydrogen-bond donors (Lipinski definition) is 0. The van der Waals surface area contributed by atoms with E-state index in [9.17, 15) is 13.2 Å². The zero-order valence-electron chi connectivity index (χ0n) is 16.8. The molecule has 0 aliphatic heterocycles. The Kier molecular flexibility index (Phi) is 6.54. The minimum absolute atomic E-state index is 0.00258. The molecule has 0 aliphatic carbocycles. The monoisotopic (exact) mass is 451 g/mol. The standard InChI is InChI=1S/C18H22ClN7O3S/c1-4-25(15-11-26(22-18(15)19)14-6-5-8-20-10-14)17(27)7-9-24(3)30(28,29)16-12-23(2)13-21-16/h5-6,8,10-13H,4,7,9H2,1-3H3. The van der Waals surface area contributed by atoms with E-state index >= 15 is 0 Å². The van der Waals surface area contributed by atoms with Crippen molar-refractivity contribution in [3.8, 4) is 5.69 Å². The van der Waals surface area contributed by atoms with Gasteiger partial charge in [0, 0.05) is 46.0 Å². The van der Waals surface area contributed by atoms with Gasteiger partial charge in [-0.25, -0.2) is 18.1 Å². The summed E-state index contributed by atoms with van der Waals surface area (Å²) in [7, 11) is -0.668. The maximum atomic E-state index is 12.8. The van der Waals surface area contributed by atoms with Crippen LogP contribution in [0.25, 0.3) is 5.69 Å². The maximum absolute atomic E-state index is 12.8. The molecule has 0 bridgehead atoms. The fourth-order valence-electron chi connectivity index (χ4n) is 2.82. The van der Waals surface area contributed by atoms with Gasteiger partial charge >= 0.3 is 0 Å². The lowest BCUT2D eigenvalue weighted by Gasteiger charge is -2.21. The Bertz CT molecular complexity index is 1130. The van der Waals surface area contributed by atoms with Crippen molar-refractivity contribution in [1.29, 1.82) is 0 Å². The van der Waals surface area contributed by atoms with Crippen LogP contribution in [0.1, 0.15) is 13.3 Å². The quantitative estimate of drug-likeness (QED) is 0.516. The Morgan fingerprint density at radius 2 is 2.07 bits per heavy atom. The minimum Gasteiger partial charge on any atom is -0.339 e. The number of nitrogens with zero attached hydrogens (tertiary/aromatic N) is 7. The Morgan fingerprint density at radius 3 is 2.67 bits per heavy atom. The molecule has 3 aromatic heterocycles. The zero-order chi connectivity index (χ0) is 21.9. The van der Waals surface area contributed by atoms with E-state index in [0.29, 0.717) is 17.9 Å². The molecule has 160 valence electrons. The Hall–Kier alpha value is -2.76. The van der Waals surface area contributed by atoms with Crippen LogP contribution in [0.5, 0.6) is 0 Å². The molecule has 1 amide bonds. The second-order valence-electron chi connectivity index (χ2n) is 6.55. The van der Waals surface area contributed by atoms with Gasteiger partial charge in [-0.05, 0) is 19.1 Å². The topological polar surface area (TPSA) is 106 Å². The van der Waals surface area contributed by atoms with Gasteiger partial charge in [0.15, 0.2) is 10.2 Å². The van der Waals surface area contributed by atoms with Crippen LogP contribution in [-0.4, -0.2) is 63.1 Å². The number of pyridine rings is 1. The molecule has 0 atom stereocenters. The summed E-state index contributed by atoms with van der Waals surface area (Å²) in [5.74, 6) is -0.270. The highest BCUT2D eigenvalue weighted by molar-refractivity contribution is 7.89. The number of carbonyl (C=O) groups excluding carboxylic acids is 1. The summed E-state index contributed by atoms with van der Waals surface area (Å²) in [5, 5.41) is 4.35. The number of aromatic nitrogens is 5. The molecule has 0 saturated heterocycles. The summed E-state index contributed by atoms with van der Waals surface area (Å²) in [5.41, 5.74) is 1.15. The summed E-state index contributed by atoms with van der Waals surface area (Å²) >= 11 is 6.27. The molecule has 0 radical (unpaired) electrons. The van der Waals surface area contributed by atoms with Crippen LogP contribution in [0, 0.1) is 0 Å². The van der Waals surface area contributed by atoms with Crippen LogP contribution < -0.4 is 4.90 Å². The van der Waals surface area contributed by atoms with E-state index in [0.717, 1.165) is 4.31 Å². The second kappa shape index (κ2) is 8.94. The number of sulfonamides is 1. The Morgan fingerprint density at radius 1 is 1.30 bits per heavy atom. The van der Waals surface area contributed by atoms with Crippen molar-refractivity contribution in [3.05, 3.63) is 48.4 Å². The van der Waals surface area contributed by atoms with Gasteiger partial charge in [-0.2, -0.15) is 9.40 Å². The van der Waals surface area contributed by atoms with Crippen LogP contribution in [0.4, 0.5) is 5.69 Å². The van der Waals surface area contributed by atoms with Crippen LogP contribution in [0.15, 0.2) is 48.3 Å². The van der Waals surface area contributed by atoms with Gasteiger partial charge in [0.1, 0.15) is 5.69 Å². The van der Waals surface area contributed by atoms with Gasteiger partial charge in [-0.1, -0.05) is 11.6 Å². The lowest BCUT2D eigenvalue weighted by atomic mass is 10.3. The van der Waals surface area contributed by atoms with Gasteiger partial charge in [-0.15, -0.1) is 0 Å². The normalized spacial score (nSPS) is 11.8. The van der Waals surface area contributed by atoms with E-state index in [1.54, 1.807) is 36.3 Å². The molecule has 3 heterocycles. The van der Waals surface area contributed by atoms with Crippen molar-refractivity contribution in [2.75, 3.05) is 25.0 Å². The zero-order valence-corrected chi connectivity index (χ0v) is 18.4. The van der Waals surface area contributed by atoms with Gasteiger partial charge in [-0.3, -0.25) is 9.78 Å². The lowest BCUT2D eigenvalue weighted by molar-refractivity contribution is -0.118. The molecule has 0 spiro atoms. The first-order chi connectivity index (χ1) is 14.2. The lowest BCUT2D eigenvalue weighted by Crippen LogP contribution is -2.35. The summed E-state index contributed by atoms with van der Waals surface area (Å²) in [6, 6.07) is 3.58. The number of carbonyl (C=O) groups is 1. The average Bonchev–Trinajstić information content (AvgIpc) is 3.34. The number of aryl methyl sites for hydroxylation is 1. The smallest absolute Gasteiger partial charge is 0.261 e. The third-order valence-electron chi connectivity index (χ3n) is 4.47. The van der Waals surface area contributed by atoms with E-state index in [1.165, 1.54) is 29.2 Å². The van der Waals surface area contributed by atoms with Crippen molar-refractivity contribution in [2.45, 2.75) is 18.4 Å². The largest absolute Gasteiger partial charge is 0.339 e. The molecular formula is C18H22ClN7O3S. The van der Waals surface area contributed by atoms with Crippen LogP contribution in [0.3, 0.4) is 0 Å². The second-order valence-corrected chi connectivity index (χ2v) is 8.90. The number of anilines is 1. The third kappa shape index (κ3) is 4.53. The molecule has 0 fully saturated rings. The predicted octanol–water partition coefficient (Wildman–Crippen LogP) is 1.72. The number of amides is 1. The number of hydrogen-bond acceptors (Lipinski definition) is 6. The first-order valence-electron chi connectivity index (χ1n) is 9.14. The fraction of sp³-hybridized carbons (Fsp3) is 0.333. The molecule has 0 N–H and O–H groups in total. The highest BCUT2D eigenvalue weighted by Gasteiger charge is 2.26. The van der Waals surface area contributed by atoms with Crippen LogP contribution in [0.2, 0.25) is 5.15 Å². The van der Waals surface area contributed by atoms with Crippen molar-refractivity contribution in [2.24, 2.45) is 7.05 Å². The first-order valence-corrected chi connectivity index (χ1v) is 11.0. The number of halogens is 1. The summed E-state index contributed by atoms with van der Waals surface area (Å²) in [6.45, 7) is 2.17. The molecule has 0 unspecified atom stereocenters. The average molecular weight is 452 g/mol. The molecule has 30 heavy (non-hydrogen) atoms. The number of imidazole rings is 1. The van der Waals surface area contributed by atoms with Gasteiger partial charge in [0.2, 0.25) is 5.91 Å². The highest BCUT2D eigenvalue weighted by Crippen LogP contribution is 2.26. The Labute approximate surface area is 179 Å². The van der Waals surface area contributed by atoms with Crippen LogP contribution >= 0.6 is 11.6 Å². The summed E-state index contributed by atoms with van der Waals surface area (Å²) < 4.78 is 29.3. The molecular weight excluding hydrogens is 430 g/mol. The molecule has 0 aromatic carbocycles. The van der Waals surface area contributed by atoms with E-state index < -0.39 is 10.0 Å². The third-order valence-corrected chi connectivity index (χ3v) is 6.48. The van der Waals surface area contributed by atoms with Gasteiger partial charge < -0.3 is 9.47 Å². The number of rotatable bonds is 8. The SMILES string of the molecule is CCN(C(=O)CCN(C)S(=O)(=O)c1cn(C)cn1)c1cn(-c2cccnc2)nc1Cl. The molecule has 12 heteroatoms. The van der Waals surface area contributed by atoms with Crippen molar-refractivity contribution in [3.63, 3.8) is 0 Å². The van der Waals surface area contributed by atoms with Crippen molar-refractivity contribution in [1.82, 2.24) is 28.6 Å². The molecule has 3 rings (SSSR count). The molecule has 0 saturated carbocycles. The predicted molar refractivity (Wildman–Crippen MR) is 112 cm³/mol. The Balaban J connectivity index is 1.72. The van der Waals surface area contributed by atoms with E-state index in [2.05, 4.69) is 15.1 Å². The summed E-state index contributed by atoms with van der Waals surface area (Å²) in [6.07, 6.45) is 7.72. The van der Waals surface area contributed by atoms with Crippen LogP contribution in [-0.2, 0) is 21.9 Å². The van der Waals surface area contributed by atoms with E-state index in [1.807, 2.05) is 13.0 Å². The first kappa shape index (κ1) is 21.9. The van der Waals surface area contributed by atoms with Gasteiger partial charge in [0.25, 0.3) is 10.0 Å². The molecule has 10 nitrogen and oxygen atoms in total. The highest BCUT2D eigenvalue weighted by atomic mass is 35.5. The van der Waals surface area contributed by atoms with E-state index in [-0.39, 0.29) is 29.1 Å². The molecule has 0 aliphatic rings. The van der Waals surface area contributed by atoms with E-state index in [4.69, 9.17) is 11.6 Å². The fourth-order valence-corrected chi connectivity index (χ4v) is 4.18. The minimum atomic E-state index is -3.77. The summed E-state index contributed by atoms with van der Waals surface area (Å²) in [4.78, 5) is 22.2. The van der Waals surface area contributed by atoms with Crippen molar-refractivity contribution < 1.29 is 13.2 Å². The maximum Gasteiger partial charge on any atom is 0.261 e. The molecule has 3 aromatic rings. The van der Waals surface area contributed by atoms with Crippen molar-refractivity contribution >= 4 is 33.2 Å².